The maximum atomic E-state index is 12.1. The number of amides is 1. The minimum absolute atomic E-state index is 0.129. The normalized spacial score (nSPS) is 10.6. The van der Waals surface area contributed by atoms with Crippen LogP contribution in [0.25, 0.3) is 0 Å². The molecule has 0 unspecified atom stereocenters. The van der Waals surface area contributed by atoms with E-state index in [0.717, 1.165) is 5.56 Å². The number of nitrogens with one attached hydrogen (secondary N) is 2. The molecule has 3 aromatic carbocycles. The van der Waals surface area contributed by atoms with E-state index >= 15 is 0 Å². The lowest BCUT2D eigenvalue weighted by Gasteiger charge is -2.12. The number of para-hydroxylation sites is 2. The van der Waals surface area contributed by atoms with Gasteiger partial charge in [0, 0.05) is 5.69 Å². The fourth-order valence-electron chi connectivity index (χ4n) is 2.58. The molecule has 3 rings (SSSR count). The Morgan fingerprint density at radius 2 is 1.77 bits per heavy atom. The Hall–Kier alpha value is -3.51. The Morgan fingerprint density at radius 3 is 2.53 bits per heavy atom. The Bertz CT molecular complexity index is 1010. The van der Waals surface area contributed by atoms with E-state index in [0.29, 0.717) is 34.5 Å². The van der Waals surface area contributed by atoms with E-state index in [1.54, 1.807) is 24.4 Å². The van der Waals surface area contributed by atoms with E-state index < -0.39 is 0 Å². The zero-order valence-corrected chi connectivity index (χ0v) is 17.2. The molecule has 0 aliphatic heterocycles. The Morgan fingerprint density at radius 1 is 1.00 bits per heavy atom. The Kier molecular flexibility index (Phi) is 7.69. The van der Waals surface area contributed by atoms with Crippen molar-refractivity contribution in [1.29, 1.82) is 0 Å². The van der Waals surface area contributed by atoms with Gasteiger partial charge in [0.1, 0.15) is 0 Å². The lowest BCUT2D eigenvalue weighted by Crippen LogP contribution is -2.20. The van der Waals surface area contributed by atoms with Crippen LogP contribution in [0.15, 0.2) is 77.9 Å². The van der Waals surface area contributed by atoms with Crippen LogP contribution < -0.4 is 20.2 Å². The smallest absolute Gasteiger partial charge is 0.262 e. The van der Waals surface area contributed by atoms with Gasteiger partial charge >= 0.3 is 0 Å². The van der Waals surface area contributed by atoms with Gasteiger partial charge in [-0.3, -0.25) is 10.2 Å². The number of carbonyl (C=O) groups excluding carboxylic acids is 1. The summed E-state index contributed by atoms with van der Waals surface area (Å²) in [7, 11) is 0. The van der Waals surface area contributed by atoms with Crippen LogP contribution >= 0.6 is 11.6 Å². The molecule has 2 N–H and O–H groups in total. The van der Waals surface area contributed by atoms with Gasteiger partial charge in [-0.25, -0.2) is 0 Å². The van der Waals surface area contributed by atoms with Crippen LogP contribution in [0, 0.1) is 0 Å². The highest BCUT2D eigenvalue weighted by Crippen LogP contribution is 2.28. The molecular formula is C23H22ClN3O3. The average Bonchev–Trinajstić information content (AvgIpc) is 2.75. The fourth-order valence-corrected chi connectivity index (χ4v) is 2.76. The predicted molar refractivity (Wildman–Crippen MR) is 121 cm³/mol. The molecule has 154 valence electrons. The van der Waals surface area contributed by atoms with Crippen molar-refractivity contribution in [3.63, 3.8) is 0 Å². The third-order valence-electron chi connectivity index (χ3n) is 3.96. The molecule has 0 radical (unpaired) electrons. The number of ether oxygens (including phenoxy) is 2. The van der Waals surface area contributed by atoms with Gasteiger partial charge in [0.25, 0.3) is 5.91 Å². The van der Waals surface area contributed by atoms with Crippen LogP contribution in [0.5, 0.6) is 11.5 Å². The Labute approximate surface area is 180 Å². The van der Waals surface area contributed by atoms with Gasteiger partial charge in [-0.15, -0.1) is 0 Å². The molecule has 3 aromatic rings. The minimum Gasteiger partial charge on any atom is -0.490 e. The number of hydrogen-bond donors (Lipinski definition) is 2. The lowest BCUT2D eigenvalue weighted by molar-refractivity contribution is -0.118. The summed E-state index contributed by atoms with van der Waals surface area (Å²) in [5.41, 5.74) is 5.14. The van der Waals surface area contributed by atoms with Crippen molar-refractivity contribution >= 4 is 35.1 Å². The highest BCUT2D eigenvalue weighted by molar-refractivity contribution is 6.33. The van der Waals surface area contributed by atoms with Crippen molar-refractivity contribution in [3.05, 3.63) is 83.4 Å². The Balaban J connectivity index is 1.62. The first-order chi connectivity index (χ1) is 14.7. The van der Waals surface area contributed by atoms with Gasteiger partial charge in [0.15, 0.2) is 18.1 Å². The van der Waals surface area contributed by atoms with Crippen molar-refractivity contribution < 1.29 is 14.3 Å². The molecule has 30 heavy (non-hydrogen) atoms. The van der Waals surface area contributed by atoms with Crippen molar-refractivity contribution in [2.24, 2.45) is 5.10 Å². The summed E-state index contributed by atoms with van der Waals surface area (Å²) in [5, 5.41) is 7.57. The van der Waals surface area contributed by atoms with Crippen LogP contribution in [0.4, 0.5) is 11.4 Å². The zero-order valence-electron chi connectivity index (χ0n) is 16.5. The first kappa shape index (κ1) is 21.2. The van der Waals surface area contributed by atoms with Crippen molar-refractivity contribution in [2.75, 3.05) is 24.0 Å². The van der Waals surface area contributed by atoms with Gasteiger partial charge in [0.05, 0.1) is 23.5 Å². The average molecular weight is 424 g/mol. The van der Waals surface area contributed by atoms with Crippen LogP contribution in [-0.2, 0) is 4.79 Å². The topological polar surface area (TPSA) is 71.9 Å². The summed E-state index contributed by atoms with van der Waals surface area (Å²) in [4.78, 5) is 12.1. The van der Waals surface area contributed by atoms with E-state index in [9.17, 15) is 4.79 Å². The molecule has 0 bridgehead atoms. The molecule has 7 heteroatoms. The van der Waals surface area contributed by atoms with Gasteiger partial charge in [-0.05, 0) is 55.0 Å². The second kappa shape index (κ2) is 10.9. The van der Waals surface area contributed by atoms with E-state index in [1.807, 2.05) is 61.5 Å². The van der Waals surface area contributed by atoms with E-state index in [1.165, 1.54) is 0 Å². The summed E-state index contributed by atoms with van der Waals surface area (Å²) in [6.45, 7) is 2.22. The van der Waals surface area contributed by atoms with Gasteiger partial charge in [-0.2, -0.15) is 5.10 Å². The molecule has 6 nitrogen and oxygen atoms in total. The monoisotopic (exact) mass is 423 g/mol. The SMILES string of the molecule is CCOc1cc(/C=N\Nc2ccccc2Cl)ccc1OCC(=O)Nc1ccccc1. The number of halogens is 1. The standard InChI is InChI=1S/C23H22ClN3O3/c1-2-29-22-14-17(15-25-27-20-11-7-6-10-19(20)24)12-13-21(22)30-16-23(28)26-18-8-4-3-5-9-18/h3-15,27H,2,16H2,1H3,(H,26,28)/b25-15-. The maximum Gasteiger partial charge on any atom is 0.262 e. The number of anilines is 2. The second-order valence-corrected chi connectivity index (χ2v) is 6.60. The maximum absolute atomic E-state index is 12.1. The highest BCUT2D eigenvalue weighted by atomic mass is 35.5. The molecule has 0 atom stereocenters. The second-order valence-electron chi connectivity index (χ2n) is 6.19. The molecule has 0 aliphatic carbocycles. The lowest BCUT2D eigenvalue weighted by atomic mass is 10.2. The van der Waals surface area contributed by atoms with E-state index in [-0.39, 0.29) is 12.5 Å². The molecule has 0 saturated carbocycles. The molecule has 0 saturated heterocycles. The molecular weight excluding hydrogens is 402 g/mol. The van der Waals surface area contributed by atoms with Crippen LogP contribution in [0.2, 0.25) is 5.02 Å². The number of benzene rings is 3. The van der Waals surface area contributed by atoms with Crippen LogP contribution in [0.3, 0.4) is 0 Å². The van der Waals surface area contributed by atoms with Gasteiger partial charge < -0.3 is 14.8 Å². The minimum atomic E-state index is -0.252. The summed E-state index contributed by atoms with van der Waals surface area (Å²) in [6, 6.07) is 21.9. The van der Waals surface area contributed by atoms with Crippen molar-refractivity contribution in [1.82, 2.24) is 0 Å². The number of carbonyl (C=O) groups is 1. The first-order valence-electron chi connectivity index (χ1n) is 9.44. The molecule has 1 amide bonds. The van der Waals surface area contributed by atoms with Crippen LogP contribution in [-0.4, -0.2) is 25.3 Å². The number of hydrazone groups is 1. The molecule has 0 spiro atoms. The first-order valence-corrected chi connectivity index (χ1v) is 9.81. The fraction of sp³-hybridized carbons (Fsp3) is 0.130. The number of hydrogen-bond acceptors (Lipinski definition) is 5. The summed E-state index contributed by atoms with van der Waals surface area (Å²) in [6.07, 6.45) is 1.65. The highest BCUT2D eigenvalue weighted by Gasteiger charge is 2.09. The largest absolute Gasteiger partial charge is 0.490 e. The van der Waals surface area contributed by atoms with Crippen molar-refractivity contribution in [2.45, 2.75) is 6.92 Å². The predicted octanol–water partition coefficient (Wildman–Crippen LogP) is 5.20. The third-order valence-corrected chi connectivity index (χ3v) is 4.29. The molecule has 0 aliphatic rings. The summed E-state index contributed by atoms with van der Waals surface area (Å²) >= 11 is 6.10. The molecule has 0 fully saturated rings. The van der Waals surface area contributed by atoms with Crippen LogP contribution in [0.1, 0.15) is 12.5 Å². The summed E-state index contributed by atoms with van der Waals surface area (Å²) in [5.74, 6) is 0.765. The molecule has 0 aromatic heterocycles. The van der Waals surface area contributed by atoms with Gasteiger partial charge in [-0.1, -0.05) is 41.9 Å². The number of nitrogens with zero attached hydrogens (tertiary/aromatic N) is 1. The molecule has 0 heterocycles. The van der Waals surface area contributed by atoms with Gasteiger partial charge in [0.2, 0.25) is 0 Å². The summed E-state index contributed by atoms with van der Waals surface area (Å²) < 4.78 is 11.3. The van der Waals surface area contributed by atoms with E-state index in [4.69, 9.17) is 21.1 Å². The zero-order chi connectivity index (χ0) is 21.2. The third kappa shape index (κ3) is 6.25. The van der Waals surface area contributed by atoms with Crippen molar-refractivity contribution in [3.8, 4) is 11.5 Å². The van der Waals surface area contributed by atoms with E-state index in [2.05, 4.69) is 15.8 Å². The quantitative estimate of drug-likeness (QED) is 0.366. The number of rotatable bonds is 9.